The van der Waals surface area contributed by atoms with Crippen LogP contribution in [0.4, 0.5) is 14.5 Å². The topological polar surface area (TPSA) is 57.7 Å². The molecule has 0 spiro atoms. The lowest BCUT2D eigenvalue weighted by molar-refractivity contribution is 0.460. The maximum Gasteiger partial charge on any atom is 0.150 e. The summed E-state index contributed by atoms with van der Waals surface area (Å²) in [5.74, 6) is 0.699. The van der Waals surface area contributed by atoms with Crippen molar-refractivity contribution in [2.45, 2.75) is 38.1 Å². The number of nitriles is 1. The van der Waals surface area contributed by atoms with Gasteiger partial charge in [0.1, 0.15) is 17.3 Å². The molecule has 124 valence electrons. The van der Waals surface area contributed by atoms with Crippen LogP contribution in [0.5, 0.6) is 0 Å². The number of rotatable bonds is 2. The maximum atomic E-state index is 14.3. The molecule has 1 atom stereocenters. The van der Waals surface area contributed by atoms with Crippen molar-refractivity contribution in [1.82, 2.24) is 14.8 Å². The largest absolute Gasteiger partial charge is 0.366 e. The van der Waals surface area contributed by atoms with Gasteiger partial charge in [-0.25, -0.2) is 8.78 Å². The van der Waals surface area contributed by atoms with Crippen LogP contribution in [-0.2, 0) is 13.0 Å². The maximum absolute atomic E-state index is 14.3. The smallest absolute Gasteiger partial charge is 0.150 e. The molecule has 4 rings (SSSR count). The normalized spacial score (nSPS) is 20.0. The Balaban J connectivity index is 1.63. The van der Waals surface area contributed by atoms with E-state index >= 15 is 0 Å². The molecular weight excluding hydrogens is 312 g/mol. The minimum atomic E-state index is -0.682. The van der Waals surface area contributed by atoms with Gasteiger partial charge in [-0.05, 0) is 31.4 Å². The fourth-order valence-electron chi connectivity index (χ4n) is 3.80. The van der Waals surface area contributed by atoms with Gasteiger partial charge in [-0.3, -0.25) is 0 Å². The van der Waals surface area contributed by atoms with Crippen molar-refractivity contribution in [3.05, 3.63) is 41.0 Å². The van der Waals surface area contributed by atoms with E-state index in [0.29, 0.717) is 13.1 Å². The third kappa shape index (κ3) is 2.42. The summed E-state index contributed by atoms with van der Waals surface area (Å²) in [7, 11) is 0. The zero-order valence-corrected chi connectivity index (χ0v) is 13.2. The Kier molecular flexibility index (Phi) is 3.68. The molecule has 7 heteroatoms. The van der Waals surface area contributed by atoms with Crippen LogP contribution in [0.2, 0.25) is 0 Å². The Labute approximate surface area is 138 Å². The summed E-state index contributed by atoms with van der Waals surface area (Å²) in [5, 5.41) is 17.4. The Hall–Kier alpha value is -2.49. The molecule has 0 aliphatic carbocycles. The molecule has 0 N–H and O–H groups in total. The second-order valence-corrected chi connectivity index (χ2v) is 6.42. The lowest BCUT2D eigenvalue weighted by Crippen LogP contribution is -2.36. The second kappa shape index (κ2) is 5.86. The summed E-state index contributed by atoms with van der Waals surface area (Å²) >= 11 is 0. The molecule has 0 bridgehead atoms. The SMILES string of the molecule is N#Cc1cc(F)c(N2CCCC(c3nnc4n3CCC4)C2)c(F)c1. The van der Waals surface area contributed by atoms with Crippen LogP contribution in [0.3, 0.4) is 0 Å². The summed E-state index contributed by atoms with van der Waals surface area (Å²) in [6.45, 7) is 2.03. The lowest BCUT2D eigenvalue weighted by atomic mass is 9.96. The van der Waals surface area contributed by atoms with Crippen molar-refractivity contribution >= 4 is 5.69 Å². The van der Waals surface area contributed by atoms with Gasteiger partial charge in [0.05, 0.1) is 11.6 Å². The first-order valence-electron chi connectivity index (χ1n) is 8.23. The number of aryl methyl sites for hydroxylation is 1. The molecule has 1 saturated heterocycles. The Morgan fingerprint density at radius 2 is 1.92 bits per heavy atom. The highest BCUT2D eigenvalue weighted by Crippen LogP contribution is 2.33. The molecule has 1 aromatic heterocycles. The van der Waals surface area contributed by atoms with Crippen molar-refractivity contribution in [3.8, 4) is 6.07 Å². The fraction of sp³-hybridized carbons (Fsp3) is 0.471. The molecule has 0 saturated carbocycles. The van der Waals surface area contributed by atoms with Gasteiger partial charge in [0.2, 0.25) is 0 Å². The zero-order chi connectivity index (χ0) is 16.7. The molecule has 5 nitrogen and oxygen atoms in total. The Bertz CT molecular complexity index is 800. The van der Waals surface area contributed by atoms with Crippen molar-refractivity contribution in [2.24, 2.45) is 0 Å². The molecule has 3 heterocycles. The number of fused-ring (bicyclic) bond motifs is 1. The van der Waals surface area contributed by atoms with E-state index in [4.69, 9.17) is 5.26 Å². The minimum Gasteiger partial charge on any atom is -0.366 e. The van der Waals surface area contributed by atoms with Gasteiger partial charge in [0.25, 0.3) is 0 Å². The summed E-state index contributed by atoms with van der Waals surface area (Å²) in [5.41, 5.74) is -0.0440. The first-order valence-corrected chi connectivity index (χ1v) is 8.23. The van der Waals surface area contributed by atoms with E-state index in [1.807, 2.05) is 0 Å². The second-order valence-electron chi connectivity index (χ2n) is 6.42. The van der Waals surface area contributed by atoms with E-state index in [9.17, 15) is 8.78 Å². The van der Waals surface area contributed by atoms with Gasteiger partial charge >= 0.3 is 0 Å². The average molecular weight is 329 g/mol. The number of nitrogens with zero attached hydrogens (tertiary/aromatic N) is 5. The van der Waals surface area contributed by atoms with Crippen LogP contribution in [0.25, 0.3) is 0 Å². The van der Waals surface area contributed by atoms with E-state index in [-0.39, 0.29) is 17.2 Å². The van der Waals surface area contributed by atoms with Crippen molar-refractivity contribution < 1.29 is 8.78 Å². The number of hydrogen-bond acceptors (Lipinski definition) is 4. The van der Waals surface area contributed by atoms with E-state index in [0.717, 1.165) is 56.0 Å². The number of anilines is 1. The van der Waals surface area contributed by atoms with Gasteiger partial charge in [0.15, 0.2) is 11.6 Å². The molecule has 1 aromatic carbocycles. The van der Waals surface area contributed by atoms with E-state index in [2.05, 4.69) is 14.8 Å². The molecule has 1 fully saturated rings. The molecule has 2 aliphatic heterocycles. The van der Waals surface area contributed by atoms with Gasteiger partial charge in [-0.1, -0.05) is 0 Å². The molecule has 2 aromatic rings. The zero-order valence-electron chi connectivity index (χ0n) is 13.2. The van der Waals surface area contributed by atoms with Gasteiger partial charge in [-0.2, -0.15) is 5.26 Å². The number of benzene rings is 1. The minimum absolute atomic E-state index is 0.00224. The van der Waals surface area contributed by atoms with E-state index in [1.165, 1.54) is 0 Å². The van der Waals surface area contributed by atoms with Crippen molar-refractivity contribution in [1.29, 1.82) is 5.26 Å². The van der Waals surface area contributed by atoms with Gasteiger partial charge < -0.3 is 9.47 Å². The summed E-state index contributed by atoms with van der Waals surface area (Å²) < 4.78 is 30.8. The summed E-state index contributed by atoms with van der Waals surface area (Å²) in [4.78, 5) is 1.73. The van der Waals surface area contributed by atoms with Crippen molar-refractivity contribution in [3.63, 3.8) is 0 Å². The van der Waals surface area contributed by atoms with E-state index in [1.54, 1.807) is 11.0 Å². The lowest BCUT2D eigenvalue weighted by Gasteiger charge is -2.34. The highest BCUT2D eigenvalue weighted by atomic mass is 19.1. The van der Waals surface area contributed by atoms with Crippen molar-refractivity contribution in [2.75, 3.05) is 18.0 Å². The third-order valence-electron chi connectivity index (χ3n) is 4.89. The predicted molar refractivity (Wildman–Crippen MR) is 83.6 cm³/mol. The molecule has 0 radical (unpaired) electrons. The summed E-state index contributed by atoms with van der Waals surface area (Å²) in [6.07, 6.45) is 3.80. The highest BCUT2D eigenvalue weighted by Gasteiger charge is 2.30. The van der Waals surface area contributed by atoms with Crippen LogP contribution >= 0.6 is 0 Å². The van der Waals surface area contributed by atoms with E-state index < -0.39 is 11.6 Å². The fourth-order valence-corrected chi connectivity index (χ4v) is 3.80. The number of hydrogen-bond donors (Lipinski definition) is 0. The molecule has 1 unspecified atom stereocenters. The van der Waals surface area contributed by atoms with Gasteiger partial charge in [-0.15, -0.1) is 10.2 Å². The molecular formula is C17H17F2N5. The molecule has 2 aliphatic rings. The average Bonchev–Trinajstić information content (AvgIpc) is 3.17. The first kappa shape index (κ1) is 15.1. The number of aromatic nitrogens is 3. The molecule has 0 amide bonds. The van der Waals surface area contributed by atoms with Crippen LogP contribution in [0.1, 0.15) is 42.4 Å². The van der Waals surface area contributed by atoms with Crippen LogP contribution in [0, 0.1) is 23.0 Å². The Morgan fingerprint density at radius 3 is 2.67 bits per heavy atom. The highest BCUT2D eigenvalue weighted by molar-refractivity contribution is 5.53. The number of piperidine rings is 1. The first-order chi connectivity index (χ1) is 11.7. The Morgan fingerprint density at radius 1 is 1.12 bits per heavy atom. The van der Waals surface area contributed by atoms with Gasteiger partial charge in [0, 0.05) is 32.0 Å². The van der Waals surface area contributed by atoms with Crippen LogP contribution in [0.15, 0.2) is 12.1 Å². The predicted octanol–water partition coefficient (Wildman–Crippen LogP) is 2.76. The number of halogens is 2. The molecule has 24 heavy (non-hydrogen) atoms. The quantitative estimate of drug-likeness (QED) is 0.850. The van der Waals surface area contributed by atoms with Crippen LogP contribution in [-0.4, -0.2) is 27.9 Å². The third-order valence-corrected chi connectivity index (χ3v) is 4.89. The summed E-state index contributed by atoms with van der Waals surface area (Å²) in [6, 6.07) is 3.97. The van der Waals surface area contributed by atoms with Crippen LogP contribution < -0.4 is 4.90 Å². The standard InChI is InChI=1S/C17H17F2N5/c18-13-7-11(9-20)8-14(19)16(13)23-5-1-3-12(10-23)17-22-21-15-4-2-6-24(15)17/h7-8,12H,1-6,10H2. The monoisotopic (exact) mass is 329 g/mol.